The lowest BCUT2D eigenvalue weighted by Crippen LogP contribution is -2.30. The van der Waals surface area contributed by atoms with Crippen LogP contribution in [0.4, 0.5) is 17.1 Å². The Morgan fingerprint density at radius 1 is 0.857 bits per heavy atom. The summed E-state index contributed by atoms with van der Waals surface area (Å²) in [5, 5.41) is 13.0. The number of para-hydroxylation sites is 2. The third-order valence-electron chi connectivity index (χ3n) is 4.44. The molecule has 6 nitrogen and oxygen atoms in total. The number of rotatable bonds is 4. The summed E-state index contributed by atoms with van der Waals surface area (Å²) in [7, 11) is 0. The molecular formula is C21H13ClN2O4. The molecule has 1 aliphatic heterocycles. The summed E-state index contributed by atoms with van der Waals surface area (Å²) in [5.41, 5.74) is 1.17. The van der Waals surface area contributed by atoms with Crippen molar-refractivity contribution in [3.8, 4) is 0 Å². The van der Waals surface area contributed by atoms with Gasteiger partial charge in [-0.3, -0.25) is 9.59 Å². The van der Waals surface area contributed by atoms with Gasteiger partial charge in [-0.15, -0.1) is 0 Å². The first kappa shape index (κ1) is 17.8. The van der Waals surface area contributed by atoms with Gasteiger partial charge in [-0.1, -0.05) is 41.9 Å². The number of carboxylic acid groups (broad SMARTS) is 1. The number of carbonyl (C=O) groups excluding carboxylic acids is 2. The van der Waals surface area contributed by atoms with Crippen LogP contribution in [-0.4, -0.2) is 22.9 Å². The molecule has 0 radical (unpaired) electrons. The molecule has 7 heteroatoms. The van der Waals surface area contributed by atoms with E-state index in [1.54, 1.807) is 48.5 Å². The lowest BCUT2D eigenvalue weighted by molar-refractivity contribution is 0.0697. The maximum Gasteiger partial charge on any atom is 0.337 e. The number of carboxylic acids is 1. The Labute approximate surface area is 165 Å². The van der Waals surface area contributed by atoms with Crippen LogP contribution < -0.4 is 10.2 Å². The third-order valence-corrected chi connectivity index (χ3v) is 4.77. The van der Waals surface area contributed by atoms with E-state index in [9.17, 15) is 19.5 Å². The van der Waals surface area contributed by atoms with Crippen LogP contribution in [0.25, 0.3) is 0 Å². The van der Waals surface area contributed by atoms with Crippen molar-refractivity contribution in [2.24, 2.45) is 0 Å². The van der Waals surface area contributed by atoms with Crippen LogP contribution in [0.2, 0.25) is 5.02 Å². The highest BCUT2D eigenvalue weighted by molar-refractivity contribution is 6.36. The molecule has 138 valence electrons. The molecule has 0 aliphatic carbocycles. The molecule has 0 bridgehead atoms. The molecule has 0 aromatic heterocycles. The van der Waals surface area contributed by atoms with Gasteiger partial charge < -0.3 is 10.4 Å². The van der Waals surface area contributed by atoms with E-state index in [1.165, 1.54) is 18.2 Å². The first-order valence-electron chi connectivity index (χ1n) is 8.34. The van der Waals surface area contributed by atoms with Crippen molar-refractivity contribution >= 4 is 46.4 Å². The minimum atomic E-state index is -1.20. The number of amides is 2. The zero-order valence-electron chi connectivity index (χ0n) is 14.3. The first-order valence-corrected chi connectivity index (χ1v) is 8.72. The van der Waals surface area contributed by atoms with Gasteiger partial charge in [0.25, 0.3) is 11.8 Å². The summed E-state index contributed by atoms with van der Waals surface area (Å²) >= 11 is 6.19. The summed E-state index contributed by atoms with van der Waals surface area (Å²) in [6.07, 6.45) is 0. The minimum Gasteiger partial charge on any atom is -0.478 e. The van der Waals surface area contributed by atoms with Crippen LogP contribution >= 0.6 is 11.6 Å². The number of anilines is 3. The summed E-state index contributed by atoms with van der Waals surface area (Å²) in [6.45, 7) is 0. The number of hydrogen-bond acceptors (Lipinski definition) is 4. The van der Waals surface area contributed by atoms with Crippen LogP contribution in [0.15, 0.2) is 66.7 Å². The third kappa shape index (κ3) is 2.80. The van der Waals surface area contributed by atoms with Crippen molar-refractivity contribution in [3.63, 3.8) is 0 Å². The summed E-state index contributed by atoms with van der Waals surface area (Å²) < 4.78 is 0. The average Bonchev–Trinajstić information content (AvgIpc) is 2.94. The molecule has 0 unspecified atom stereocenters. The molecule has 0 saturated heterocycles. The Balaban J connectivity index is 1.88. The van der Waals surface area contributed by atoms with Gasteiger partial charge in [0.2, 0.25) is 0 Å². The second-order valence-electron chi connectivity index (χ2n) is 6.10. The maximum atomic E-state index is 12.9. The smallest absolute Gasteiger partial charge is 0.337 e. The lowest BCUT2D eigenvalue weighted by atomic mass is 10.1. The van der Waals surface area contributed by atoms with Crippen molar-refractivity contribution in [2.45, 2.75) is 0 Å². The molecule has 0 atom stereocenters. The normalized spacial score (nSPS) is 12.8. The number of benzene rings is 3. The van der Waals surface area contributed by atoms with E-state index in [0.717, 1.165) is 4.90 Å². The Morgan fingerprint density at radius 2 is 1.46 bits per heavy atom. The fraction of sp³-hybridized carbons (Fsp3) is 0. The monoisotopic (exact) mass is 392 g/mol. The van der Waals surface area contributed by atoms with Gasteiger partial charge in [-0.05, 0) is 36.4 Å². The van der Waals surface area contributed by atoms with Crippen LogP contribution in [0, 0.1) is 0 Å². The van der Waals surface area contributed by atoms with Gasteiger partial charge in [0.05, 0.1) is 38.8 Å². The molecule has 1 heterocycles. The second kappa shape index (κ2) is 6.83. The number of nitrogens with zero attached hydrogens (tertiary/aromatic N) is 1. The summed E-state index contributed by atoms with van der Waals surface area (Å²) in [5.74, 6) is -2.22. The topological polar surface area (TPSA) is 86.7 Å². The van der Waals surface area contributed by atoms with Crippen molar-refractivity contribution in [2.75, 3.05) is 10.2 Å². The van der Waals surface area contributed by atoms with Crippen molar-refractivity contribution in [1.82, 2.24) is 0 Å². The number of imide groups is 1. The van der Waals surface area contributed by atoms with Gasteiger partial charge in [-0.25, -0.2) is 9.69 Å². The standard InChI is InChI=1S/C21H13ClN2O4/c22-15-9-3-4-10-16(15)23-18-14(21(27)28)8-5-11-17(18)24-19(25)12-6-1-2-7-13(12)20(24)26/h1-11,23H,(H,27,28). The van der Waals surface area contributed by atoms with Gasteiger partial charge in [0.15, 0.2) is 0 Å². The Kier molecular flexibility index (Phi) is 4.33. The van der Waals surface area contributed by atoms with Crippen LogP contribution in [0.5, 0.6) is 0 Å². The molecule has 2 N–H and O–H groups in total. The van der Waals surface area contributed by atoms with Gasteiger partial charge in [0.1, 0.15) is 0 Å². The predicted molar refractivity (Wildman–Crippen MR) is 106 cm³/mol. The average molecular weight is 393 g/mol. The SMILES string of the molecule is O=C(O)c1cccc(N2C(=O)c3ccccc3C2=O)c1Nc1ccccc1Cl. The van der Waals surface area contributed by atoms with E-state index in [4.69, 9.17) is 11.6 Å². The molecule has 0 saturated carbocycles. The second-order valence-corrected chi connectivity index (χ2v) is 6.51. The summed E-state index contributed by atoms with van der Waals surface area (Å²) in [4.78, 5) is 38.5. The fourth-order valence-electron chi connectivity index (χ4n) is 3.14. The van der Waals surface area contributed by atoms with E-state index >= 15 is 0 Å². The quantitative estimate of drug-likeness (QED) is 0.634. The van der Waals surface area contributed by atoms with Crippen molar-refractivity contribution in [1.29, 1.82) is 0 Å². The van der Waals surface area contributed by atoms with Gasteiger partial charge >= 0.3 is 5.97 Å². The molecule has 0 fully saturated rings. The highest BCUT2D eigenvalue weighted by Crippen LogP contribution is 2.38. The molecule has 4 rings (SSSR count). The number of halogens is 1. The van der Waals surface area contributed by atoms with Crippen molar-refractivity contribution < 1.29 is 19.5 Å². The first-order chi connectivity index (χ1) is 13.5. The minimum absolute atomic E-state index is 0.0889. The molecule has 28 heavy (non-hydrogen) atoms. The number of nitrogens with one attached hydrogen (secondary N) is 1. The van der Waals surface area contributed by atoms with Crippen LogP contribution in [-0.2, 0) is 0 Å². The summed E-state index contributed by atoms with van der Waals surface area (Å²) in [6, 6.07) is 17.7. The molecule has 3 aromatic carbocycles. The highest BCUT2D eigenvalue weighted by atomic mass is 35.5. The molecule has 0 spiro atoms. The molecule has 3 aromatic rings. The fourth-order valence-corrected chi connectivity index (χ4v) is 3.32. The maximum absolute atomic E-state index is 12.9. The number of hydrogen-bond donors (Lipinski definition) is 2. The predicted octanol–water partition coefficient (Wildman–Crippen LogP) is 4.58. The molecule has 2 amide bonds. The Hall–Kier alpha value is -3.64. The van der Waals surface area contributed by atoms with Gasteiger partial charge in [0, 0.05) is 0 Å². The van der Waals surface area contributed by atoms with E-state index in [1.807, 2.05) is 0 Å². The van der Waals surface area contributed by atoms with Crippen LogP contribution in [0.1, 0.15) is 31.1 Å². The van der Waals surface area contributed by atoms with E-state index < -0.39 is 17.8 Å². The Morgan fingerprint density at radius 3 is 2.07 bits per heavy atom. The highest BCUT2D eigenvalue weighted by Gasteiger charge is 2.38. The molecular weight excluding hydrogens is 380 g/mol. The number of carbonyl (C=O) groups is 3. The number of fused-ring (bicyclic) bond motifs is 1. The zero-order chi connectivity index (χ0) is 19.8. The van der Waals surface area contributed by atoms with Crippen molar-refractivity contribution in [3.05, 3.63) is 88.4 Å². The van der Waals surface area contributed by atoms with E-state index in [0.29, 0.717) is 10.7 Å². The Bertz CT molecular complexity index is 1110. The lowest BCUT2D eigenvalue weighted by Gasteiger charge is -2.21. The van der Waals surface area contributed by atoms with Gasteiger partial charge in [-0.2, -0.15) is 0 Å². The zero-order valence-corrected chi connectivity index (χ0v) is 15.1. The largest absolute Gasteiger partial charge is 0.478 e. The molecule has 1 aliphatic rings. The van der Waals surface area contributed by atoms with E-state index in [2.05, 4.69) is 5.32 Å². The van der Waals surface area contributed by atoms with Crippen LogP contribution in [0.3, 0.4) is 0 Å². The van der Waals surface area contributed by atoms with E-state index in [-0.39, 0.29) is 28.1 Å². The number of aromatic carboxylic acids is 1.